The van der Waals surface area contributed by atoms with Crippen LogP contribution in [0, 0.1) is 5.41 Å². The number of hydrogen-bond donors (Lipinski definition) is 2. The number of aliphatic hydroxyl groups is 1. The van der Waals surface area contributed by atoms with Crippen molar-refractivity contribution in [3.8, 4) is 0 Å². The van der Waals surface area contributed by atoms with E-state index < -0.39 is 0 Å². The molecule has 1 aromatic rings. The van der Waals surface area contributed by atoms with Crippen molar-refractivity contribution in [2.75, 3.05) is 19.6 Å². The molecular weight excluding hydrogens is 300 g/mol. The Hall–Kier alpha value is -1.39. The first-order valence-electron chi connectivity index (χ1n) is 9.46. The van der Waals surface area contributed by atoms with Gasteiger partial charge in [0.2, 0.25) is 5.91 Å². The maximum absolute atomic E-state index is 12.7. The summed E-state index contributed by atoms with van der Waals surface area (Å²) in [5, 5.41) is 13.5. The van der Waals surface area contributed by atoms with Gasteiger partial charge in [-0.05, 0) is 44.3 Å². The maximum atomic E-state index is 12.7. The summed E-state index contributed by atoms with van der Waals surface area (Å²) in [6, 6.07) is 10.8. The molecule has 0 bridgehead atoms. The number of likely N-dealkylation sites (tertiary alicyclic amines) is 1. The lowest BCUT2D eigenvalue weighted by Crippen LogP contribution is -2.53. The lowest BCUT2D eigenvalue weighted by Gasteiger charge is -2.46. The van der Waals surface area contributed by atoms with Crippen LogP contribution >= 0.6 is 0 Å². The van der Waals surface area contributed by atoms with Crippen LogP contribution in [-0.2, 0) is 4.79 Å². The van der Waals surface area contributed by atoms with Gasteiger partial charge >= 0.3 is 0 Å². The van der Waals surface area contributed by atoms with Crippen LogP contribution in [0.15, 0.2) is 30.3 Å². The lowest BCUT2D eigenvalue weighted by atomic mass is 9.67. The number of piperidine rings is 1. The quantitative estimate of drug-likeness (QED) is 0.876. The summed E-state index contributed by atoms with van der Waals surface area (Å²) in [6.07, 6.45) is 6.02. The predicted octanol–water partition coefficient (Wildman–Crippen LogP) is 2.29. The van der Waals surface area contributed by atoms with Gasteiger partial charge in [-0.3, -0.25) is 9.69 Å². The van der Waals surface area contributed by atoms with Crippen molar-refractivity contribution >= 4 is 5.91 Å². The van der Waals surface area contributed by atoms with Crippen molar-refractivity contribution < 1.29 is 9.90 Å². The van der Waals surface area contributed by atoms with Crippen molar-refractivity contribution in [3.05, 3.63) is 35.9 Å². The van der Waals surface area contributed by atoms with E-state index in [1.807, 2.05) is 6.07 Å². The number of carbonyl (C=O) groups excluding carboxylic acids is 1. The number of aliphatic hydroxyl groups excluding tert-OH is 1. The molecule has 1 spiro atoms. The average Bonchev–Trinajstić information content (AvgIpc) is 2.93. The zero-order valence-corrected chi connectivity index (χ0v) is 14.3. The second-order valence-corrected chi connectivity index (χ2v) is 7.78. The molecule has 3 fully saturated rings. The second kappa shape index (κ2) is 6.49. The highest BCUT2D eigenvalue weighted by atomic mass is 16.3. The summed E-state index contributed by atoms with van der Waals surface area (Å²) in [5.74, 6) is 0.518. The third kappa shape index (κ3) is 2.66. The number of amides is 1. The molecule has 2 N–H and O–H groups in total. The highest BCUT2D eigenvalue weighted by Gasteiger charge is 2.52. The standard InChI is InChI=1S/C20H28N2O2/c23-18-9-5-4-8-17(18)22-12-10-20(11-13-22)16(14-21-19(20)24)15-6-2-1-3-7-15/h1-3,6-7,16-18,23H,4-5,8-14H2,(H,21,24). The molecule has 3 aliphatic rings. The summed E-state index contributed by atoms with van der Waals surface area (Å²) < 4.78 is 0. The first-order chi connectivity index (χ1) is 11.7. The van der Waals surface area contributed by atoms with E-state index >= 15 is 0 Å². The van der Waals surface area contributed by atoms with Crippen LogP contribution in [0.25, 0.3) is 0 Å². The molecule has 4 nitrogen and oxygen atoms in total. The fourth-order valence-corrected chi connectivity index (χ4v) is 5.19. The Morgan fingerprint density at radius 1 is 1.08 bits per heavy atom. The molecule has 0 radical (unpaired) electrons. The molecule has 24 heavy (non-hydrogen) atoms. The Kier molecular flexibility index (Phi) is 4.35. The monoisotopic (exact) mass is 328 g/mol. The summed E-state index contributed by atoms with van der Waals surface area (Å²) in [5.41, 5.74) is 1.03. The summed E-state index contributed by atoms with van der Waals surface area (Å²) in [6.45, 7) is 2.62. The van der Waals surface area contributed by atoms with Crippen LogP contribution in [0.1, 0.15) is 50.0 Å². The van der Waals surface area contributed by atoms with Gasteiger partial charge in [-0.15, -0.1) is 0 Å². The van der Waals surface area contributed by atoms with Crippen LogP contribution in [0.4, 0.5) is 0 Å². The van der Waals surface area contributed by atoms with Crippen LogP contribution in [0.2, 0.25) is 0 Å². The van der Waals surface area contributed by atoms with Crippen molar-refractivity contribution in [3.63, 3.8) is 0 Å². The molecule has 0 aromatic heterocycles. The highest BCUT2D eigenvalue weighted by molar-refractivity contribution is 5.86. The molecule has 3 unspecified atom stereocenters. The highest BCUT2D eigenvalue weighted by Crippen LogP contribution is 2.48. The molecule has 3 atom stereocenters. The van der Waals surface area contributed by atoms with Crippen LogP contribution in [-0.4, -0.2) is 47.7 Å². The van der Waals surface area contributed by atoms with Gasteiger partial charge in [-0.25, -0.2) is 0 Å². The lowest BCUT2D eigenvalue weighted by molar-refractivity contribution is -0.131. The zero-order valence-electron chi connectivity index (χ0n) is 14.3. The first-order valence-corrected chi connectivity index (χ1v) is 9.46. The molecule has 2 aliphatic heterocycles. The van der Waals surface area contributed by atoms with Crippen molar-refractivity contribution in [1.29, 1.82) is 0 Å². The van der Waals surface area contributed by atoms with Gasteiger partial charge in [-0.2, -0.15) is 0 Å². The van der Waals surface area contributed by atoms with Crippen LogP contribution in [0.5, 0.6) is 0 Å². The minimum Gasteiger partial charge on any atom is -0.391 e. The smallest absolute Gasteiger partial charge is 0.227 e. The Balaban J connectivity index is 1.50. The van der Waals surface area contributed by atoms with E-state index in [0.29, 0.717) is 6.04 Å². The fraction of sp³-hybridized carbons (Fsp3) is 0.650. The van der Waals surface area contributed by atoms with Crippen molar-refractivity contribution in [2.24, 2.45) is 5.41 Å². The molecule has 2 heterocycles. The molecule has 1 aromatic carbocycles. The second-order valence-electron chi connectivity index (χ2n) is 7.78. The fourth-order valence-electron chi connectivity index (χ4n) is 5.19. The minimum absolute atomic E-state index is 0.185. The Morgan fingerprint density at radius 2 is 1.79 bits per heavy atom. The van der Waals surface area contributed by atoms with Crippen LogP contribution < -0.4 is 5.32 Å². The molecule has 4 heteroatoms. The zero-order chi connectivity index (χ0) is 16.6. The summed E-state index contributed by atoms with van der Waals surface area (Å²) >= 11 is 0. The summed E-state index contributed by atoms with van der Waals surface area (Å²) in [4.78, 5) is 15.2. The molecule has 2 saturated heterocycles. The molecule has 4 rings (SSSR count). The van der Waals surface area contributed by atoms with Crippen molar-refractivity contribution in [1.82, 2.24) is 10.2 Å². The Labute approximate surface area is 144 Å². The number of nitrogens with one attached hydrogen (secondary N) is 1. The number of nitrogens with zero attached hydrogens (tertiary/aromatic N) is 1. The largest absolute Gasteiger partial charge is 0.391 e. The number of carbonyl (C=O) groups is 1. The van der Waals surface area contributed by atoms with E-state index in [4.69, 9.17) is 0 Å². The predicted molar refractivity (Wildman–Crippen MR) is 93.7 cm³/mol. The van der Waals surface area contributed by atoms with Gasteiger partial charge in [0.05, 0.1) is 11.5 Å². The van der Waals surface area contributed by atoms with Gasteiger partial charge in [-0.1, -0.05) is 43.2 Å². The van der Waals surface area contributed by atoms with E-state index in [1.165, 1.54) is 12.0 Å². The molecule has 1 aliphatic carbocycles. The minimum atomic E-state index is -0.253. The average molecular weight is 328 g/mol. The Morgan fingerprint density at radius 3 is 2.50 bits per heavy atom. The number of hydrogen-bond acceptors (Lipinski definition) is 3. The topological polar surface area (TPSA) is 52.6 Å². The van der Waals surface area contributed by atoms with Crippen LogP contribution in [0.3, 0.4) is 0 Å². The normalized spacial score (nSPS) is 33.5. The van der Waals surface area contributed by atoms with E-state index in [1.54, 1.807) is 0 Å². The molecular formula is C20H28N2O2. The van der Waals surface area contributed by atoms with Gasteiger partial charge in [0.1, 0.15) is 0 Å². The number of benzene rings is 1. The van der Waals surface area contributed by atoms with E-state index in [2.05, 4.69) is 34.5 Å². The maximum Gasteiger partial charge on any atom is 0.227 e. The first kappa shape index (κ1) is 16.1. The summed E-state index contributed by atoms with van der Waals surface area (Å²) in [7, 11) is 0. The molecule has 1 amide bonds. The van der Waals surface area contributed by atoms with E-state index in [9.17, 15) is 9.90 Å². The van der Waals surface area contributed by atoms with Gasteiger partial charge < -0.3 is 10.4 Å². The van der Waals surface area contributed by atoms with Gasteiger partial charge in [0.15, 0.2) is 0 Å². The molecule has 1 saturated carbocycles. The Bertz CT molecular complexity index is 581. The third-order valence-corrected chi connectivity index (χ3v) is 6.64. The van der Waals surface area contributed by atoms with Gasteiger partial charge in [0, 0.05) is 18.5 Å². The number of rotatable bonds is 2. The van der Waals surface area contributed by atoms with Crippen molar-refractivity contribution in [2.45, 2.75) is 56.6 Å². The SMILES string of the molecule is O=C1NCC(c2ccccc2)C12CCN(C1CCCCC1O)CC2. The third-order valence-electron chi connectivity index (χ3n) is 6.64. The van der Waals surface area contributed by atoms with E-state index in [0.717, 1.165) is 51.7 Å². The molecule has 130 valence electrons. The van der Waals surface area contributed by atoms with E-state index in [-0.39, 0.29) is 23.3 Å². The van der Waals surface area contributed by atoms with Gasteiger partial charge in [0.25, 0.3) is 0 Å².